The molecule has 2 N–H and O–H groups in total. The first-order valence-corrected chi connectivity index (χ1v) is 10.5. The van der Waals surface area contributed by atoms with Gasteiger partial charge in [0.2, 0.25) is 0 Å². The zero-order valence-electron chi connectivity index (χ0n) is 17.7. The van der Waals surface area contributed by atoms with Gasteiger partial charge in [-0.1, -0.05) is 6.08 Å². The maximum Gasteiger partial charge on any atom is 0.172 e. The van der Waals surface area contributed by atoms with E-state index in [0.29, 0.717) is 19.8 Å². The molecular formula is C23H26N4O4. The number of methoxy groups -OCH3 is 2. The Bertz CT molecular complexity index is 1120. The average molecular weight is 422 g/mol. The van der Waals surface area contributed by atoms with Crippen molar-refractivity contribution in [1.82, 2.24) is 15.0 Å². The van der Waals surface area contributed by atoms with Crippen molar-refractivity contribution in [2.24, 2.45) is 0 Å². The maximum absolute atomic E-state index is 5.83. The molecule has 0 unspecified atom stereocenters. The fraction of sp³-hybridized carbons (Fsp3) is 0.391. The van der Waals surface area contributed by atoms with Crippen molar-refractivity contribution >= 4 is 22.4 Å². The third-order valence-electron chi connectivity index (χ3n) is 6.00. The van der Waals surface area contributed by atoms with Crippen LogP contribution in [0.5, 0.6) is 11.5 Å². The number of hydrogen-bond donors (Lipinski definition) is 2. The monoisotopic (exact) mass is 422 g/mol. The van der Waals surface area contributed by atoms with Crippen molar-refractivity contribution < 1.29 is 18.9 Å². The number of allylic oxidation sites excluding steroid dienone is 1. The standard InChI is InChI=1S/C23H26N4O4/c1-28-17-4-3-16(19(11-17)29-2)12-25-22-21-20(26-14-27-22)18(13-24-21)15-5-7-23(8-6-15)30-9-10-31-23/h3-5,11,13-14,24H,6-10,12H2,1-2H3,(H,25,26,27). The minimum Gasteiger partial charge on any atom is -0.497 e. The largest absolute Gasteiger partial charge is 0.497 e. The molecule has 0 atom stereocenters. The molecular weight excluding hydrogens is 396 g/mol. The Hall–Kier alpha value is -3.10. The molecule has 2 aliphatic rings. The van der Waals surface area contributed by atoms with Crippen LogP contribution in [-0.2, 0) is 16.0 Å². The number of nitrogens with one attached hydrogen (secondary N) is 2. The van der Waals surface area contributed by atoms with Crippen LogP contribution in [0.2, 0.25) is 0 Å². The second-order valence-electron chi connectivity index (χ2n) is 7.72. The van der Waals surface area contributed by atoms with Crippen molar-refractivity contribution in [2.75, 3.05) is 32.8 Å². The maximum atomic E-state index is 5.83. The van der Waals surface area contributed by atoms with Gasteiger partial charge in [-0.3, -0.25) is 0 Å². The Morgan fingerprint density at radius 2 is 2.03 bits per heavy atom. The van der Waals surface area contributed by atoms with E-state index in [1.165, 1.54) is 5.57 Å². The highest BCUT2D eigenvalue weighted by Crippen LogP contribution is 2.40. The van der Waals surface area contributed by atoms with Crippen molar-refractivity contribution in [2.45, 2.75) is 31.6 Å². The number of ether oxygens (including phenoxy) is 4. The van der Waals surface area contributed by atoms with Crippen LogP contribution >= 0.6 is 0 Å². The van der Waals surface area contributed by atoms with Crippen LogP contribution in [0.15, 0.2) is 36.8 Å². The molecule has 1 fully saturated rings. The van der Waals surface area contributed by atoms with Crippen molar-refractivity contribution in [3.63, 3.8) is 0 Å². The van der Waals surface area contributed by atoms with Crippen LogP contribution in [0.4, 0.5) is 5.82 Å². The molecule has 1 aromatic carbocycles. The summed E-state index contributed by atoms with van der Waals surface area (Å²) in [5.41, 5.74) is 5.18. The molecule has 2 aromatic heterocycles. The predicted molar refractivity (Wildman–Crippen MR) is 117 cm³/mol. The molecule has 1 aliphatic heterocycles. The molecule has 8 heteroatoms. The Morgan fingerprint density at radius 3 is 2.77 bits per heavy atom. The first kappa shape index (κ1) is 19.8. The van der Waals surface area contributed by atoms with Crippen molar-refractivity contribution in [1.29, 1.82) is 0 Å². The number of aromatic amines is 1. The van der Waals surface area contributed by atoms with E-state index >= 15 is 0 Å². The first-order valence-electron chi connectivity index (χ1n) is 10.5. The Balaban J connectivity index is 1.37. The van der Waals surface area contributed by atoms with Gasteiger partial charge in [0, 0.05) is 42.8 Å². The van der Waals surface area contributed by atoms with Crippen LogP contribution in [0.1, 0.15) is 30.4 Å². The fourth-order valence-corrected chi connectivity index (χ4v) is 4.31. The molecule has 162 valence electrons. The molecule has 1 saturated heterocycles. The SMILES string of the molecule is COc1ccc(CNc2ncnc3c(C4=CCC5(CC4)OCCO5)c[nH]c23)c(OC)c1. The van der Waals surface area contributed by atoms with E-state index in [4.69, 9.17) is 18.9 Å². The van der Waals surface area contributed by atoms with Crippen molar-refractivity contribution in [3.05, 3.63) is 47.9 Å². The number of hydrogen-bond acceptors (Lipinski definition) is 7. The van der Waals surface area contributed by atoms with Gasteiger partial charge in [0.05, 0.1) is 27.4 Å². The van der Waals surface area contributed by atoms with Gasteiger partial charge >= 0.3 is 0 Å². The number of rotatable bonds is 6. The smallest absolute Gasteiger partial charge is 0.172 e. The van der Waals surface area contributed by atoms with Crippen LogP contribution in [-0.4, -0.2) is 48.2 Å². The number of anilines is 1. The minimum absolute atomic E-state index is 0.422. The molecule has 1 aliphatic carbocycles. The number of aromatic nitrogens is 3. The zero-order valence-corrected chi connectivity index (χ0v) is 17.7. The van der Waals surface area contributed by atoms with Crippen LogP contribution in [0, 0.1) is 0 Å². The second-order valence-corrected chi connectivity index (χ2v) is 7.72. The lowest BCUT2D eigenvalue weighted by Crippen LogP contribution is -2.31. The summed E-state index contributed by atoms with van der Waals surface area (Å²) in [7, 11) is 3.30. The molecule has 31 heavy (non-hydrogen) atoms. The molecule has 3 aromatic rings. The van der Waals surface area contributed by atoms with Gasteiger partial charge in [-0.15, -0.1) is 0 Å². The second kappa shape index (κ2) is 8.20. The lowest BCUT2D eigenvalue weighted by atomic mass is 9.90. The summed E-state index contributed by atoms with van der Waals surface area (Å²) >= 11 is 0. The first-order chi connectivity index (χ1) is 15.2. The van der Waals surface area contributed by atoms with Gasteiger partial charge in [-0.05, 0) is 24.1 Å². The normalized spacial score (nSPS) is 17.7. The van der Waals surface area contributed by atoms with Gasteiger partial charge in [-0.25, -0.2) is 9.97 Å². The molecule has 3 heterocycles. The Morgan fingerprint density at radius 1 is 1.16 bits per heavy atom. The summed E-state index contributed by atoms with van der Waals surface area (Å²) in [5.74, 6) is 1.86. The number of nitrogens with zero attached hydrogens (tertiary/aromatic N) is 2. The fourth-order valence-electron chi connectivity index (χ4n) is 4.31. The summed E-state index contributed by atoms with van der Waals surface area (Å²) in [4.78, 5) is 12.4. The van der Waals surface area contributed by atoms with Crippen molar-refractivity contribution in [3.8, 4) is 11.5 Å². The zero-order chi connectivity index (χ0) is 21.3. The van der Waals surface area contributed by atoms with Gasteiger partial charge in [-0.2, -0.15) is 0 Å². The van der Waals surface area contributed by atoms with E-state index in [9.17, 15) is 0 Å². The van der Waals surface area contributed by atoms with E-state index in [0.717, 1.165) is 58.7 Å². The third-order valence-corrected chi connectivity index (χ3v) is 6.00. The lowest BCUT2D eigenvalue weighted by molar-refractivity contribution is -0.159. The molecule has 1 spiro atoms. The summed E-state index contributed by atoms with van der Waals surface area (Å²) < 4.78 is 22.4. The summed E-state index contributed by atoms with van der Waals surface area (Å²) in [6, 6.07) is 5.78. The molecule has 8 nitrogen and oxygen atoms in total. The molecule has 0 radical (unpaired) electrons. The summed E-state index contributed by atoms with van der Waals surface area (Å²) in [5, 5.41) is 3.41. The van der Waals surface area contributed by atoms with Crippen LogP contribution < -0.4 is 14.8 Å². The number of H-pyrrole nitrogens is 1. The molecule has 0 saturated carbocycles. The summed E-state index contributed by atoms with van der Waals surface area (Å²) in [6.07, 6.45) is 8.35. The van der Waals surface area contributed by atoms with Gasteiger partial charge in [0.15, 0.2) is 11.6 Å². The topological polar surface area (TPSA) is 90.5 Å². The number of benzene rings is 1. The van der Waals surface area contributed by atoms with Crippen LogP contribution in [0.25, 0.3) is 16.6 Å². The Labute approximate surface area is 180 Å². The summed E-state index contributed by atoms with van der Waals surface area (Å²) in [6.45, 7) is 1.92. The highest BCUT2D eigenvalue weighted by Gasteiger charge is 2.38. The van der Waals surface area contributed by atoms with E-state index < -0.39 is 5.79 Å². The van der Waals surface area contributed by atoms with Gasteiger partial charge < -0.3 is 29.2 Å². The minimum atomic E-state index is -0.422. The lowest BCUT2D eigenvalue weighted by Gasteiger charge is -2.30. The van der Waals surface area contributed by atoms with E-state index in [-0.39, 0.29) is 0 Å². The van der Waals surface area contributed by atoms with Crippen LogP contribution in [0.3, 0.4) is 0 Å². The Kier molecular flexibility index (Phi) is 5.25. The van der Waals surface area contributed by atoms with Gasteiger partial charge in [0.25, 0.3) is 0 Å². The number of fused-ring (bicyclic) bond motifs is 1. The van der Waals surface area contributed by atoms with Gasteiger partial charge in [0.1, 0.15) is 28.9 Å². The quantitative estimate of drug-likeness (QED) is 0.623. The van der Waals surface area contributed by atoms with E-state index in [1.54, 1.807) is 20.5 Å². The highest BCUT2D eigenvalue weighted by molar-refractivity contribution is 5.95. The highest BCUT2D eigenvalue weighted by atomic mass is 16.7. The molecule has 5 rings (SSSR count). The van der Waals surface area contributed by atoms with E-state index in [2.05, 4.69) is 26.3 Å². The molecule has 0 bridgehead atoms. The third kappa shape index (κ3) is 3.73. The predicted octanol–water partition coefficient (Wildman–Crippen LogP) is 3.90. The average Bonchev–Trinajstić information content (AvgIpc) is 3.46. The molecule has 0 amide bonds. The van der Waals surface area contributed by atoms with E-state index in [1.807, 2.05) is 24.4 Å².